The number of aromatic amines is 1. The fourth-order valence-electron chi connectivity index (χ4n) is 2.73. The summed E-state index contributed by atoms with van der Waals surface area (Å²) in [5, 5.41) is 0.255. The number of anilines is 1. The zero-order valence-electron chi connectivity index (χ0n) is 11.1. The molecule has 2 aromatic heterocycles. The predicted octanol–water partition coefficient (Wildman–Crippen LogP) is 1.54. The summed E-state index contributed by atoms with van der Waals surface area (Å²) in [4.78, 5) is 20.3. The third-order valence-corrected chi connectivity index (χ3v) is 3.63. The van der Waals surface area contributed by atoms with Crippen molar-refractivity contribution < 1.29 is 0 Å². The van der Waals surface area contributed by atoms with Gasteiger partial charge in [-0.2, -0.15) is 9.97 Å². The van der Waals surface area contributed by atoms with E-state index in [0.29, 0.717) is 11.7 Å². The summed E-state index contributed by atoms with van der Waals surface area (Å²) in [6.07, 6.45) is 3.99. The topological polar surface area (TPSA) is 60.9 Å². The molecular weight excluding hydrogens is 264 g/mol. The molecule has 3 heterocycles. The summed E-state index contributed by atoms with van der Waals surface area (Å²) in [6.45, 7) is 2.01. The van der Waals surface area contributed by atoms with Gasteiger partial charge in [-0.25, -0.2) is 4.98 Å². The average molecular weight is 281 g/mol. The molecule has 1 unspecified atom stereocenters. The predicted molar refractivity (Wildman–Crippen MR) is 75.6 cm³/mol. The molecule has 0 bridgehead atoms. The third kappa shape index (κ3) is 2.37. The number of H-pyrrole nitrogens is 1. The number of fused-ring (bicyclic) bond motifs is 1. The van der Waals surface area contributed by atoms with Gasteiger partial charge in [-0.05, 0) is 38.5 Å². The Morgan fingerprint density at radius 3 is 3.11 bits per heavy atom. The highest BCUT2D eigenvalue weighted by molar-refractivity contribution is 6.28. The van der Waals surface area contributed by atoms with Crippen LogP contribution < -0.4 is 4.90 Å². The lowest BCUT2D eigenvalue weighted by molar-refractivity contribution is 0.371. The monoisotopic (exact) mass is 280 g/mol. The zero-order valence-corrected chi connectivity index (χ0v) is 11.9. The quantitative estimate of drug-likeness (QED) is 0.864. The number of nitrogens with one attached hydrogen (secondary N) is 1. The number of rotatable bonds is 3. The van der Waals surface area contributed by atoms with E-state index in [9.17, 15) is 0 Å². The van der Waals surface area contributed by atoms with Crippen LogP contribution in [0.5, 0.6) is 0 Å². The van der Waals surface area contributed by atoms with Gasteiger partial charge in [0.25, 0.3) is 0 Å². The van der Waals surface area contributed by atoms with Gasteiger partial charge in [-0.15, -0.1) is 0 Å². The van der Waals surface area contributed by atoms with E-state index in [1.165, 1.54) is 12.8 Å². The largest absolute Gasteiger partial charge is 0.350 e. The van der Waals surface area contributed by atoms with Crippen molar-refractivity contribution in [2.24, 2.45) is 0 Å². The number of halogens is 1. The Morgan fingerprint density at radius 1 is 1.47 bits per heavy atom. The molecule has 1 aliphatic rings. The van der Waals surface area contributed by atoms with Gasteiger partial charge in [0.1, 0.15) is 5.52 Å². The molecule has 1 N–H and O–H groups in total. The molecule has 3 rings (SSSR count). The second-order valence-electron chi connectivity index (χ2n) is 5.17. The maximum absolute atomic E-state index is 6.00. The van der Waals surface area contributed by atoms with Crippen molar-refractivity contribution in [3.8, 4) is 0 Å². The first-order chi connectivity index (χ1) is 9.15. The van der Waals surface area contributed by atoms with Crippen molar-refractivity contribution in [1.82, 2.24) is 24.8 Å². The minimum atomic E-state index is 0.255. The van der Waals surface area contributed by atoms with Crippen LogP contribution in [0.3, 0.4) is 0 Å². The standard InChI is InChI=1S/C12H17ClN6/c1-18(2)6-8-4-3-5-19(8)11-9-10(15-7-14-9)16-12(13)17-11/h7-8H,3-6H2,1-2H3,(H,14,15,16,17). The van der Waals surface area contributed by atoms with Gasteiger partial charge in [-0.3, -0.25) is 0 Å². The molecule has 0 aliphatic carbocycles. The normalized spacial score (nSPS) is 19.8. The van der Waals surface area contributed by atoms with Gasteiger partial charge >= 0.3 is 0 Å². The Kier molecular flexibility index (Phi) is 3.28. The first-order valence-electron chi connectivity index (χ1n) is 6.43. The summed E-state index contributed by atoms with van der Waals surface area (Å²) in [5.41, 5.74) is 1.50. The van der Waals surface area contributed by atoms with Crippen LogP contribution in [0.15, 0.2) is 6.33 Å². The summed E-state index contributed by atoms with van der Waals surface area (Å²) in [5.74, 6) is 0.872. The average Bonchev–Trinajstić information content (AvgIpc) is 2.95. The van der Waals surface area contributed by atoms with Crippen molar-refractivity contribution in [3.05, 3.63) is 11.6 Å². The van der Waals surface area contributed by atoms with Crippen LogP contribution in [0.2, 0.25) is 5.28 Å². The molecule has 0 saturated carbocycles. The first-order valence-corrected chi connectivity index (χ1v) is 6.81. The minimum Gasteiger partial charge on any atom is -0.350 e. The number of imidazole rings is 1. The van der Waals surface area contributed by atoms with Crippen molar-refractivity contribution in [2.45, 2.75) is 18.9 Å². The van der Waals surface area contributed by atoms with Crippen LogP contribution in [0.4, 0.5) is 5.82 Å². The summed E-state index contributed by atoms with van der Waals surface area (Å²) in [7, 11) is 4.19. The highest BCUT2D eigenvalue weighted by Crippen LogP contribution is 2.29. The number of hydrogen-bond donors (Lipinski definition) is 1. The van der Waals surface area contributed by atoms with Gasteiger partial charge in [0, 0.05) is 19.1 Å². The lowest BCUT2D eigenvalue weighted by atomic mass is 10.2. The van der Waals surface area contributed by atoms with Crippen LogP contribution in [-0.2, 0) is 0 Å². The Balaban J connectivity index is 2.00. The molecule has 0 aromatic carbocycles. The van der Waals surface area contributed by atoms with Crippen molar-refractivity contribution >= 4 is 28.6 Å². The van der Waals surface area contributed by atoms with E-state index in [-0.39, 0.29) is 5.28 Å². The number of aromatic nitrogens is 4. The minimum absolute atomic E-state index is 0.255. The van der Waals surface area contributed by atoms with Crippen LogP contribution in [-0.4, -0.2) is 58.1 Å². The Labute approximate surface area is 116 Å². The molecule has 6 nitrogen and oxygen atoms in total. The van der Waals surface area contributed by atoms with Gasteiger partial charge < -0.3 is 14.8 Å². The van der Waals surface area contributed by atoms with E-state index in [4.69, 9.17) is 11.6 Å². The molecule has 1 aliphatic heterocycles. The second-order valence-corrected chi connectivity index (χ2v) is 5.51. The number of nitrogens with zero attached hydrogens (tertiary/aromatic N) is 5. The van der Waals surface area contributed by atoms with Crippen LogP contribution in [0, 0.1) is 0 Å². The third-order valence-electron chi connectivity index (χ3n) is 3.46. The fraction of sp³-hybridized carbons (Fsp3) is 0.583. The summed E-state index contributed by atoms with van der Waals surface area (Å²) < 4.78 is 0. The highest BCUT2D eigenvalue weighted by Gasteiger charge is 2.28. The van der Waals surface area contributed by atoms with Crippen molar-refractivity contribution in [3.63, 3.8) is 0 Å². The zero-order chi connectivity index (χ0) is 13.4. The summed E-state index contributed by atoms with van der Waals surface area (Å²) in [6, 6.07) is 0.465. The Hall–Kier alpha value is -1.40. The first kappa shape index (κ1) is 12.6. The molecule has 2 aromatic rings. The lowest BCUT2D eigenvalue weighted by Crippen LogP contribution is -2.38. The molecule has 1 fully saturated rings. The van der Waals surface area contributed by atoms with Crippen molar-refractivity contribution in [2.75, 3.05) is 32.1 Å². The maximum atomic E-state index is 6.00. The number of hydrogen-bond acceptors (Lipinski definition) is 5. The SMILES string of the molecule is CN(C)CC1CCCN1c1nc(Cl)nc2nc[nH]c12. The van der Waals surface area contributed by atoms with E-state index in [0.717, 1.165) is 24.4 Å². The fourth-order valence-corrected chi connectivity index (χ4v) is 2.89. The van der Waals surface area contributed by atoms with Gasteiger partial charge in [0.2, 0.25) is 5.28 Å². The Bertz CT molecular complexity index is 581. The molecule has 19 heavy (non-hydrogen) atoms. The molecular formula is C12H17ClN6. The molecule has 7 heteroatoms. The smallest absolute Gasteiger partial charge is 0.226 e. The second kappa shape index (κ2) is 4.94. The van der Waals surface area contributed by atoms with E-state index >= 15 is 0 Å². The van der Waals surface area contributed by atoms with Gasteiger partial charge in [0.05, 0.1) is 6.33 Å². The number of likely N-dealkylation sites (N-methyl/N-ethyl adjacent to an activating group) is 1. The Morgan fingerprint density at radius 2 is 2.32 bits per heavy atom. The van der Waals surface area contributed by atoms with Crippen LogP contribution in [0.1, 0.15) is 12.8 Å². The molecule has 1 saturated heterocycles. The molecule has 102 valence electrons. The van der Waals surface area contributed by atoms with E-state index in [1.807, 2.05) is 0 Å². The van der Waals surface area contributed by atoms with E-state index in [1.54, 1.807) is 6.33 Å². The summed E-state index contributed by atoms with van der Waals surface area (Å²) >= 11 is 6.00. The maximum Gasteiger partial charge on any atom is 0.226 e. The van der Waals surface area contributed by atoms with Gasteiger partial charge in [0.15, 0.2) is 11.5 Å². The van der Waals surface area contributed by atoms with E-state index < -0.39 is 0 Å². The lowest BCUT2D eigenvalue weighted by Gasteiger charge is -2.28. The van der Waals surface area contributed by atoms with Crippen molar-refractivity contribution in [1.29, 1.82) is 0 Å². The van der Waals surface area contributed by atoms with Gasteiger partial charge in [-0.1, -0.05) is 0 Å². The van der Waals surface area contributed by atoms with Crippen LogP contribution >= 0.6 is 11.6 Å². The molecule has 1 atom stereocenters. The van der Waals surface area contributed by atoms with Crippen LogP contribution in [0.25, 0.3) is 11.2 Å². The molecule has 0 amide bonds. The highest BCUT2D eigenvalue weighted by atomic mass is 35.5. The molecule has 0 radical (unpaired) electrons. The van der Waals surface area contributed by atoms with E-state index in [2.05, 4.69) is 43.8 Å². The molecule has 0 spiro atoms.